The molecule has 3 heterocycles. The Morgan fingerprint density at radius 3 is 3.09 bits per heavy atom. The second-order valence-electron chi connectivity index (χ2n) is 6.06. The lowest BCUT2D eigenvalue weighted by atomic mass is 9.79. The van der Waals surface area contributed by atoms with Gasteiger partial charge in [0.2, 0.25) is 0 Å². The number of carbonyl (C=O) groups is 1. The van der Waals surface area contributed by atoms with Crippen LogP contribution in [-0.4, -0.2) is 41.1 Å². The molecule has 1 unspecified atom stereocenters. The van der Waals surface area contributed by atoms with Crippen molar-refractivity contribution in [2.45, 2.75) is 38.3 Å². The first-order valence-electron chi connectivity index (χ1n) is 7.63. The second-order valence-corrected chi connectivity index (χ2v) is 6.06. The van der Waals surface area contributed by atoms with Crippen LogP contribution in [0, 0.1) is 5.92 Å². The highest BCUT2D eigenvalue weighted by Gasteiger charge is 2.35. The molecule has 2 radical (unpaired) electrons. The Kier molecular flexibility index (Phi) is 4.25. The Morgan fingerprint density at radius 1 is 1.57 bits per heavy atom. The minimum absolute atomic E-state index is 0.157. The summed E-state index contributed by atoms with van der Waals surface area (Å²) in [6.07, 6.45) is 1.47. The molecule has 1 aliphatic heterocycles. The molecular formula is C15H19BN4O3. The van der Waals surface area contributed by atoms with Gasteiger partial charge in [-0.1, -0.05) is 13.8 Å². The summed E-state index contributed by atoms with van der Waals surface area (Å²) >= 11 is 0. The van der Waals surface area contributed by atoms with Gasteiger partial charge >= 0.3 is 5.97 Å². The van der Waals surface area contributed by atoms with Crippen molar-refractivity contribution in [3.05, 3.63) is 24.2 Å². The Morgan fingerprint density at radius 2 is 2.35 bits per heavy atom. The molecular weight excluding hydrogens is 295 g/mol. The molecule has 1 aliphatic rings. The van der Waals surface area contributed by atoms with Crippen LogP contribution >= 0.6 is 0 Å². The van der Waals surface area contributed by atoms with E-state index in [1.807, 2.05) is 12.1 Å². The lowest BCUT2D eigenvalue weighted by Gasteiger charge is -2.16. The Labute approximate surface area is 135 Å². The van der Waals surface area contributed by atoms with E-state index in [0.717, 1.165) is 5.69 Å². The number of ether oxygens (including phenoxy) is 2. The van der Waals surface area contributed by atoms with Crippen molar-refractivity contribution in [3.8, 4) is 0 Å². The smallest absolute Gasteiger partial charge is 0.308 e. The average molecular weight is 314 g/mol. The molecule has 2 aromatic heterocycles. The highest BCUT2D eigenvalue weighted by atomic mass is 16.6. The van der Waals surface area contributed by atoms with Crippen molar-refractivity contribution in [1.29, 1.82) is 0 Å². The number of hydrogen-bond donors (Lipinski definition) is 1. The minimum atomic E-state index is -0.324. The predicted octanol–water partition coefficient (Wildman–Crippen LogP) is 1.30. The fraction of sp³-hybridized carbons (Fsp3) is 0.533. The zero-order valence-electron chi connectivity index (χ0n) is 13.2. The van der Waals surface area contributed by atoms with Gasteiger partial charge < -0.3 is 15.2 Å². The maximum Gasteiger partial charge on any atom is 0.308 e. The number of anilines is 1. The molecule has 2 N–H and O–H groups in total. The first-order chi connectivity index (χ1) is 11.0. The molecule has 23 heavy (non-hydrogen) atoms. The molecule has 0 aromatic carbocycles. The monoisotopic (exact) mass is 314 g/mol. The number of aromatic nitrogens is 3. The number of esters is 1. The van der Waals surface area contributed by atoms with E-state index in [1.54, 1.807) is 18.4 Å². The summed E-state index contributed by atoms with van der Waals surface area (Å²) in [6, 6.07) is 3.72. The molecule has 1 saturated heterocycles. The van der Waals surface area contributed by atoms with Gasteiger partial charge in [0, 0.05) is 0 Å². The molecule has 0 spiro atoms. The van der Waals surface area contributed by atoms with Crippen molar-refractivity contribution >= 4 is 25.2 Å². The third kappa shape index (κ3) is 3.03. The summed E-state index contributed by atoms with van der Waals surface area (Å²) in [7, 11) is 6.20. The van der Waals surface area contributed by atoms with E-state index < -0.39 is 0 Å². The maximum atomic E-state index is 11.6. The zero-order valence-corrected chi connectivity index (χ0v) is 13.2. The number of nitrogen functional groups attached to an aromatic ring is 1. The molecule has 8 heteroatoms. The quantitative estimate of drug-likeness (QED) is 0.675. The topological polar surface area (TPSA) is 91.7 Å². The normalized spacial score (nSPS) is 24.4. The van der Waals surface area contributed by atoms with Crippen molar-refractivity contribution in [1.82, 2.24) is 14.6 Å². The number of rotatable bonds is 4. The number of hydrogen-bond acceptors (Lipinski definition) is 6. The molecule has 1 fully saturated rings. The van der Waals surface area contributed by atoms with Crippen LogP contribution in [0.25, 0.3) is 5.52 Å². The zero-order chi connectivity index (χ0) is 16.6. The summed E-state index contributed by atoms with van der Waals surface area (Å²) in [5, 5.41) is 4.21. The van der Waals surface area contributed by atoms with Crippen LogP contribution < -0.4 is 5.73 Å². The summed E-state index contributed by atoms with van der Waals surface area (Å²) in [4.78, 5) is 15.5. The van der Waals surface area contributed by atoms with Crippen LogP contribution in [0.4, 0.5) is 5.82 Å². The minimum Gasteiger partial charge on any atom is -0.463 e. The van der Waals surface area contributed by atoms with Gasteiger partial charge in [0.25, 0.3) is 0 Å². The van der Waals surface area contributed by atoms with Gasteiger partial charge in [0.1, 0.15) is 18.5 Å². The molecule has 0 amide bonds. The molecule has 2 aromatic rings. The SMILES string of the molecule is [B][C@H]1CC(COC(=O)C(C)C)O[C@H]1c1ccc2c(N)ncnn12. The number of nitrogens with zero attached hydrogens (tertiary/aromatic N) is 3. The average Bonchev–Trinajstić information content (AvgIpc) is 3.08. The van der Waals surface area contributed by atoms with Crippen molar-refractivity contribution in [2.24, 2.45) is 5.92 Å². The lowest BCUT2D eigenvalue weighted by Crippen LogP contribution is -2.21. The van der Waals surface area contributed by atoms with Crippen molar-refractivity contribution in [2.75, 3.05) is 12.3 Å². The second kappa shape index (κ2) is 6.19. The van der Waals surface area contributed by atoms with Crippen molar-refractivity contribution < 1.29 is 14.3 Å². The van der Waals surface area contributed by atoms with Gasteiger partial charge in [-0.3, -0.25) is 4.79 Å². The molecule has 0 aliphatic carbocycles. The molecule has 0 saturated carbocycles. The summed E-state index contributed by atoms with van der Waals surface area (Å²) in [6.45, 7) is 3.80. The maximum absolute atomic E-state index is 11.6. The van der Waals surface area contributed by atoms with E-state index >= 15 is 0 Å². The Balaban J connectivity index is 1.73. The molecule has 3 atom stereocenters. The van der Waals surface area contributed by atoms with Crippen LogP contribution in [0.1, 0.15) is 32.1 Å². The van der Waals surface area contributed by atoms with Gasteiger partial charge in [-0.2, -0.15) is 5.10 Å². The van der Waals surface area contributed by atoms with E-state index in [2.05, 4.69) is 10.1 Å². The van der Waals surface area contributed by atoms with Crippen LogP contribution in [0.2, 0.25) is 5.82 Å². The van der Waals surface area contributed by atoms with E-state index in [4.69, 9.17) is 23.1 Å². The van der Waals surface area contributed by atoms with E-state index in [-0.39, 0.29) is 36.5 Å². The molecule has 120 valence electrons. The highest BCUT2D eigenvalue weighted by Crippen LogP contribution is 2.41. The fourth-order valence-corrected chi connectivity index (χ4v) is 2.72. The van der Waals surface area contributed by atoms with Gasteiger partial charge in [0.15, 0.2) is 5.82 Å². The third-order valence-corrected chi connectivity index (χ3v) is 3.95. The highest BCUT2D eigenvalue weighted by molar-refractivity contribution is 6.12. The largest absolute Gasteiger partial charge is 0.463 e. The van der Waals surface area contributed by atoms with Gasteiger partial charge in [-0.05, 0) is 24.4 Å². The summed E-state index contributed by atoms with van der Waals surface area (Å²) < 4.78 is 12.9. The third-order valence-electron chi connectivity index (χ3n) is 3.95. The summed E-state index contributed by atoms with van der Waals surface area (Å²) in [5.41, 5.74) is 7.37. The number of carbonyl (C=O) groups excluding carboxylic acids is 1. The van der Waals surface area contributed by atoms with Gasteiger partial charge in [-0.25, -0.2) is 9.50 Å². The van der Waals surface area contributed by atoms with E-state index in [9.17, 15) is 4.79 Å². The molecule has 0 bridgehead atoms. The molecule has 7 nitrogen and oxygen atoms in total. The number of nitrogens with two attached hydrogens (primary N) is 1. The summed E-state index contributed by atoms with van der Waals surface area (Å²) in [5.74, 6) is -0.193. The molecule has 3 rings (SSSR count). The Bertz CT molecular complexity index is 718. The first-order valence-corrected chi connectivity index (χ1v) is 7.63. The van der Waals surface area contributed by atoms with Gasteiger partial charge in [0.05, 0.1) is 31.7 Å². The predicted molar refractivity (Wildman–Crippen MR) is 84.9 cm³/mol. The fourth-order valence-electron chi connectivity index (χ4n) is 2.72. The van der Waals surface area contributed by atoms with E-state index in [0.29, 0.717) is 17.8 Å². The Hall–Kier alpha value is -2.09. The van der Waals surface area contributed by atoms with E-state index in [1.165, 1.54) is 6.33 Å². The van der Waals surface area contributed by atoms with Crippen LogP contribution in [0.15, 0.2) is 18.5 Å². The van der Waals surface area contributed by atoms with Crippen molar-refractivity contribution in [3.63, 3.8) is 0 Å². The first kappa shape index (κ1) is 15.8. The van der Waals surface area contributed by atoms with Crippen LogP contribution in [-0.2, 0) is 14.3 Å². The van der Waals surface area contributed by atoms with Crippen LogP contribution in [0.5, 0.6) is 0 Å². The van der Waals surface area contributed by atoms with Crippen LogP contribution in [0.3, 0.4) is 0 Å². The standard InChI is InChI=1S/C15H19BN4O3/c1-8(2)15(21)22-6-9-5-10(16)13(23-9)11-3-4-12-14(17)18-7-19-20(11)12/h3-4,7-10,13H,5-6H2,1-2H3,(H2,17,18,19)/t9?,10-,13+/m0/s1. The number of fused-ring (bicyclic) bond motifs is 1. The van der Waals surface area contributed by atoms with Gasteiger partial charge in [-0.15, -0.1) is 0 Å². The lowest BCUT2D eigenvalue weighted by molar-refractivity contribution is -0.151.